The zero-order valence-corrected chi connectivity index (χ0v) is 23.3. The third-order valence-electron chi connectivity index (χ3n) is 5.72. The number of benzene rings is 2. The Morgan fingerprint density at radius 3 is 2.67 bits per heavy atom. The van der Waals surface area contributed by atoms with Gasteiger partial charge >= 0.3 is 0 Å². The molecule has 11 nitrogen and oxygen atoms in total. The normalized spacial score (nSPS) is 13.6. The lowest BCUT2D eigenvalue weighted by Gasteiger charge is -2.16. The quantitative estimate of drug-likeness (QED) is 0.188. The van der Waals surface area contributed by atoms with Gasteiger partial charge in [0.25, 0.3) is 5.91 Å². The molecule has 0 aliphatic carbocycles. The first-order valence-electron chi connectivity index (χ1n) is 13.0. The Morgan fingerprint density at radius 1 is 1.18 bits per heavy atom. The minimum absolute atomic E-state index is 0.123. The van der Waals surface area contributed by atoms with Gasteiger partial charge in [0.15, 0.2) is 12.9 Å². The van der Waals surface area contributed by atoms with E-state index >= 15 is 0 Å². The fourth-order valence-corrected chi connectivity index (χ4v) is 3.89. The predicted molar refractivity (Wildman–Crippen MR) is 150 cm³/mol. The lowest BCUT2D eigenvalue weighted by molar-refractivity contribution is -0.123. The van der Waals surface area contributed by atoms with Gasteiger partial charge in [0.05, 0.1) is 22.9 Å². The average molecular weight is 572 g/mol. The number of ether oxygens (including phenoxy) is 3. The number of aliphatic hydroxyl groups excluding tert-OH is 1. The van der Waals surface area contributed by atoms with E-state index in [2.05, 4.69) is 27.2 Å². The Balaban J connectivity index is 1.35. The number of carbonyl (C=O) groups excluding carboxylic acids is 2. The zero-order chi connectivity index (χ0) is 28.9. The topological polar surface area (TPSA) is 154 Å². The first kappa shape index (κ1) is 30.7. The second kappa shape index (κ2) is 15.7. The minimum Gasteiger partial charge on any atom is -0.493 e. The van der Waals surface area contributed by atoms with E-state index in [0.717, 1.165) is 11.3 Å². The number of hydrogen-bond acceptors (Lipinski definition) is 9. The van der Waals surface area contributed by atoms with Crippen molar-refractivity contribution >= 4 is 29.1 Å². The van der Waals surface area contributed by atoms with Gasteiger partial charge in [0.2, 0.25) is 5.91 Å². The van der Waals surface area contributed by atoms with Gasteiger partial charge in [-0.05, 0) is 42.3 Å². The summed E-state index contributed by atoms with van der Waals surface area (Å²) in [6.45, 7) is 5.09. The van der Waals surface area contributed by atoms with Crippen LogP contribution in [-0.2, 0) is 9.59 Å². The molecular formula is C28H34ClN5O6. The maximum Gasteiger partial charge on any atom is 0.257 e. The highest BCUT2D eigenvalue weighted by Gasteiger charge is 2.15. The molecule has 2 aromatic carbocycles. The van der Waals surface area contributed by atoms with Gasteiger partial charge in [-0.15, -0.1) is 0 Å². The Labute approximate surface area is 238 Å². The van der Waals surface area contributed by atoms with Crippen molar-refractivity contribution in [1.29, 1.82) is 5.26 Å². The molecule has 12 heteroatoms. The monoisotopic (exact) mass is 571 g/mol. The molecule has 1 unspecified atom stereocenters. The van der Waals surface area contributed by atoms with Crippen molar-refractivity contribution in [3.05, 3.63) is 52.5 Å². The van der Waals surface area contributed by atoms with Crippen molar-refractivity contribution in [1.82, 2.24) is 16.1 Å². The number of carbonyl (C=O) groups is 2. The van der Waals surface area contributed by atoms with E-state index in [0.29, 0.717) is 67.9 Å². The van der Waals surface area contributed by atoms with Crippen LogP contribution in [0.1, 0.15) is 50.7 Å². The fourth-order valence-electron chi connectivity index (χ4n) is 3.65. The molecule has 2 aromatic rings. The Morgan fingerprint density at radius 2 is 1.98 bits per heavy atom. The van der Waals surface area contributed by atoms with E-state index < -0.39 is 6.29 Å². The van der Waals surface area contributed by atoms with Gasteiger partial charge in [0, 0.05) is 44.5 Å². The van der Waals surface area contributed by atoms with Crippen LogP contribution in [0.4, 0.5) is 0 Å². The van der Waals surface area contributed by atoms with Gasteiger partial charge < -0.3 is 30.0 Å². The molecule has 2 amide bonds. The molecule has 0 spiro atoms. The number of nitriles is 1. The Kier molecular flexibility index (Phi) is 12.0. The number of nitrogens with one attached hydrogen (secondary N) is 3. The van der Waals surface area contributed by atoms with Crippen molar-refractivity contribution in [2.75, 3.05) is 26.3 Å². The van der Waals surface area contributed by atoms with Crippen LogP contribution in [0.25, 0.3) is 0 Å². The number of hydrazone groups is 1. The molecule has 0 aromatic heterocycles. The van der Waals surface area contributed by atoms with Gasteiger partial charge in [-0.3, -0.25) is 9.59 Å². The third-order valence-corrected chi connectivity index (χ3v) is 6.01. The number of amides is 2. The van der Waals surface area contributed by atoms with Crippen LogP contribution in [0.2, 0.25) is 5.02 Å². The van der Waals surface area contributed by atoms with Crippen molar-refractivity contribution in [2.45, 2.75) is 51.9 Å². The van der Waals surface area contributed by atoms with Gasteiger partial charge in [-0.2, -0.15) is 10.4 Å². The van der Waals surface area contributed by atoms with Crippen LogP contribution in [0.3, 0.4) is 0 Å². The highest BCUT2D eigenvalue weighted by molar-refractivity contribution is 6.32. The van der Waals surface area contributed by atoms with Crippen LogP contribution < -0.4 is 30.3 Å². The van der Waals surface area contributed by atoms with Crippen molar-refractivity contribution in [2.24, 2.45) is 5.10 Å². The number of aliphatic hydroxyl groups is 1. The summed E-state index contributed by atoms with van der Waals surface area (Å²) < 4.78 is 16.7. The molecule has 0 radical (unpaired) electrons. The molecule has 40 heavy (non-hydrogen) atoms. The maximum absolute atomic E-state index is 12.2. The van der Waals surface area contributed by atoms with Gasteiger partial charge in [-0.1, -0.05) is 25.4 Å². The smallest absolute Gasteiger partial charge is 0.257 e. The van der Waals surface area contributed by atoms with Crippen molar-refractivity contribution < 1.29 is 28.9 Å². The molecule has 0 saturated heterocycles. The van der Waals surface area contributed by atoms with E-state index in [1.807, 2.05) is 13.8 Å². The predicted octanol–water partition coefficient (Wildman–Crippen LogP) is 2.88. The maximum atomic E-state index is 12.2. The summed E-state index contributed by atoms with van der Waals surface area (Å²) in [7, 11) is 0. The summed E-state index contributed by atoms with van der Waals surface area (Å²) in [5, 5.41) is 29.8. The van der Waals surface area contributed by atoms with Crippen LogP contribution >= 0.6 is 11.6 Å². The lowest BCUT2D eigenvalue weighted by atomic mass is 10.0. The first-order valence-corrected chi connectivity index (χ1v) is 13.4. The summed E-state index contributed by atoms with van der Waals surface area (Å²) in [6, 6.07) is 12.3. The van der Waals surface area contributed by atoms with Crippen molar-refractivity contribution in [3.8, 4) is 23.3 Å². The van der Waals surface area contributed by atoms with E-state index in [-0.39, 0.29) is 29.7 Å². The second-order valence-electron chi connectivity index (χ2n) is 9.32. The zero-order valence-electron chi connectivity index (χ0n) is 22.5. The van der Waals surface area contributed by atoms with Crippen LogP contribution in [0, 0.1) is 11.3 Å². The fraction of sp³-hybridized carbons (Fsp3) is 0.429. The molecule has 4 N–H and O–H groups in total. The molecule has 214 valence electrons. The molecule has 0 bridgehead atoms. The number of halogens is 1. The van der Waals surface area contributed by atoms with Crippen LogP contribution in [0.15, 0.2) is 41.5 Å². The molecule has 1 aliphatic rings. The Bertz CT molecular complexity index is 1250. The lowest BCUT2D eigenvalue weighted by Crippen LogP contribution is -2.30. The Hall–Kier alpha value is -3.85. The molecule has 0 fully saturated rings. The highest BCUT2D eigenvalue weighted by atomic mass is 35.5. The molecular weight excluding hydrogens is 538 g/mol. The largest absolute Gasteiger partial charge is 0.493 e. The molecule has 1 aliphatic heterocycles. The molecule has 1 heterocycles. The summed E-state index contributed by atoms with van der Waals surface area (Å²) >= 11 is 6.29. The minimum atomic E-state index is -1.03. The van der Waals surface area contributed by atoms with E-state index in [1.54, 1.807) is 36.4 Å². The van der Waals surface area contributed by atoms with E-state index in [4.69, 9.17) is 25.8 Å². The van der Waals surface area contributed by atoms with Crippen LogP contribution in [0.5, 0.6) is 17.2 Å². The summed E-state index contributed by atoms with van der Waals surface area (Å²) in [6.07, 6.45) is 0.769. The highest BCUT2D eigenvalue weighted by Crippen LogP contribution is 2.27. The average Bonchev–Trinajstić information content (AvgIpc) is 2.93. The molecule has 0 saturated carbocycles. The number of nitrogens with zero attached hydrogens (tertiary/aromatic N) is 2. The number of rotatable bonds is 15. The van der Waals surface area contributed by atoms with Gasteiger partial charge in [-0.25, -0.2) is 5.43 Å². The van der Waals surface area contributed by atoms with E-state index in [1.165, 1.54) is 0 Å². The summed E-state index contributed by atoms with van der Waals surface area (Å²) in [4.78, 5) is 23.4. The third kappa shape index (κ3) is 10.0. The van der Waals surface area contributed by atoms with Crippen molar-refractivity contribution in [3.63, 3.8) is 0 Å². The number of hydrogen-bond donors (Lipinski definition) is 4. The van der Waals surface area contributed by atoms with Gasteiger partial charge in [0.1, 0.15) is 23.3 Å². The van der Waals surface area contributed by atoms with E-state index in [9.17, 15) is 20.0 Å². The second-order valence-corrected chi connectivity index (χ2v) is 9.73. The summed E-state index contributed by atoms with van der Waals surface area (Å²) in [5.74, 6) is 0.696. The summed E-state index contributed by atoms with van der Waals surface area (Å²) in [5.41, 5.74) is 4.21. The first-order chi connectivity index (χ1) is 19.2. The standard InChI is InChI=1S/C28H34ClN5O6/c1-18(2)31-12-10-28(37)40-24-8-5-21(14-20(24)16-30)38-13-3-11-32-27(36)17-39-25-7-4-19(15-22(25)29)23-6-9-26(35)34-33-23/h4-5,7-8,14-15,18,28,31,37H,3,6,9-13,17H2,1-2H3,(H,32,36)(H,34,35). The SMILES string of the molecule is CC(C)NCCC(O)Oc1ccc(OCCCNC(=O)COc2ccc(C3=NNC(=O)CC3)cc2Cl)cc1C#N. The van der Waals surface area contributed by atoms with Crippen LogP contribution in [-0.4, -0.2) is 61.3 Å². The molecule has 3 rings (SSSR count). The molecule has 1 atom stereocenters.